The smallest absolute Gasteiger partial charge is 0.340 e. The van der Waals surface area contributed by atoms with E-state index in [0.717, 1.165) is 12.1 Å². The molecule has 0 spiro atoms. The molecule has 10 heteroatoms. The molecule has 0 radical (unpaired) electrons. The van der Waals surface area contributed by atoms with Crippen LogP contribution in [0.25, 0.3) is 0 Å². The minimum absolute atomic E-state index is 0.0335. The molecule has 1 saturated heterocycles. The number of ether oxygens (including phenoxy) is 1. The lowest BCUT2D eigenvalue weighted by Gasteiger charge is -2.39. The van der Waals surface area contributed by atoms with Crippen LogP contribution in [0.3, 0.4) is 0 Å². The number of halogens is 3. The predicted molar refractivity (Wildman–Crippen MR) is 101 cm³/mol. The number of primary amides is 1. The standard InChI is InChI=1S/C20H17F3N4O3/c21-13-5-12(6-14(22)8-13)17-3-4-27(25-17)20(29)26-9-15(10-26)30-18-2-1-11(19(24)28)7-16(18)23/h1-2,5-8,15H,3-4,9-10H2,(H2,24,28). The molecular formula is C20H17F3N4O3. The number of carbonyl (C=O) groups is 2. The summed E-state index contributed by atoms with van der Waals surface area (Å²) in [6.45, 7) is 0.745. The quantitative estimate of drug-likeness (QED) is 0.828. The van der Waals surface area contributed by atoms with Crippen LogP contribution in [0.4, 0.5) is 18.0 Å². The monoisotopic (exact) mass is 418 g/mol. The van der Waals surface area contributed by atoms with E-state index in [4.69, 9.17) is 10.5 Å². The van der Waals surface area contributed by atoms with Crippen molar-refractivity contribution in [2.24, 2.45) is 10.8 Å². The molecule has 0 bridgehead atoms. The van der Waals surface area contributed by atoms with Crippen molar-refractivity contribution in [2.45, 2.75) is 12.5 Å². The number of likely N-dealkylation sites (tertiary alicyclic amines) is 1. The molecule has 4 rings (SSSR count). The Morgan fingerprint density at radius 3 is 2.40 bits per heavy atom. The number of carbonyl (C=O) groups excluding carboxylic acids is 2. The number of nitrogens with two attached hydrogens (primary N) is 1. The van der Waals surface area contributed by atoms with Crippen molar-refractivity contribution in [3.8, 4) is 5.75 Å². The van der Waals surface area contributed by atoms with E-state index in [1.54, 1.807) is 0 Å². The Labute approximate surface area is 169 Å². The molecule has 2 N–H and O–H groups in total. The van der Waals surface area contributed by atoms with Gasteiger partial charge in [-0.25, -0.2) is 23.0 Å². The minimum Gasteiger partial charge on any atom is -0.484 e. The molecule has 156 valence electrons. The van der Waals surface area contributed by atoms with Crippen molar-refractivity contribution in [1.29, 1.82) is 0 Å². The Bertz CT molecular complexity index is 1030. The maximum atomic E-state index is 14.0. The number of nitrogens with zero attached hydrogens (tertiary/aromatic N) is 3. The van der Waals surface area contributed by atoms with Gasteiger partial charge in [0, 0.05) is 23.6 Å². The van der Waals surface area contributed by atoms with Gasteiger partial charge < -0.3 is 15.4 Å². The first-order valence-electron chi connectivity index (χ1n) is 9.16. The lowest BCUT2D eigenvalue weighted by atomic mass is 10.1. The predicted octanol–water partition coefficient (Wildman–Crippen LogP) is 2.50. The van der Waals surface area contributed by atoms with Crippen LogP contribution in [0.5, 0.6) is 5.75 Å². The molecule has 3 amide bonds. The Morgan fingerprint density at radius 1 is 1.07 bits per heavy atom. The summed E-state index contributed by atoms with van der Waals surface area (Å²) in [7, 11) is 0. The number of benzene rings is 2. The number of urea groups is 1. The van der Waals surface area contributed by atoms with Gasteiger partial charge in [-0.2, -0.15) is 5.10 Å². The van der Waals surface area contributed by atoms with Crippen LogP contribution in [0.2, 0.25) is 0 Å². The Balaban J connectivity index is 1.34. The van der Waals surface area contributed by atoms with E-state index < -0.39 is 29.5 Å². The molecule has 2 aromatic rings. The van der Waals surface area contributed by atoms with Gasteiger partial charge in [-0.3, -0.25) is 4.79 Å². The van der Waals surface area contributed by atoms with E-state index in [0.29, 0.717) is 17.7 Å². The van der Waals surface area contributed by atoms with Crippen LogP contribution in [0, 0.1) is 17.5 Å². The molecule has 1 fully saturated rings. The molecule has 0 aromatic heterocycles. The first kappa shape index (κ1) is 19.7. The van der Waals surface area contributed by atoms with Crippen LogP contribution in [-0.2, 0) is 0 Å². The Morgan fingerprint density at radius 2 is 1.77 bits per heavy atom. The summed E-state index contributed by atoms with van der Waals surface area (Å²) in [4.78, 5) is 25.1. The van der Waals surface area contributed by atoms with Crippen molar-refractivity contribution in [1.82, 2.24) is 9.91 Å². The van der Waals surface area contributed by atoms with Crippen molar-refractivity contribution >= 4 is 17.6 Å². The van der Waals surface area contributed by atoms with Gasteiger partial charge in [0.25, 0.3) is 0 Å². The number of rotatable bonds is 4. The second-order valence-electron chi connectivity index (χ2n) is 7.01. The third-order valence-electron chi connectivity index (χ3n) is 4.85. The largest absolute Gasteiger partial charge is 0.484 e. The summed E-state index contributed by atoms with van der Waals surface area (Å²) in [5.41, 5.74) is 5.85. The zero-order valence-corrected chi connectivity index (χ0v) is 15.6. The first-order chi connectivity index (χ1) is 14.3. The number of hydrogen-bond acceptors (Lipinski definition) is 4. The molecule has 0 atom stereocenters. The average Bonchev–Trinajstić information content (AvgIpc) is 3.14. The molecule has 2 aliphatic rings. The zero-order valence-electron chi connectivity index (χ0n) is 15.6. The topological polar surface area (TPSA) is 88.2 Å². The highest BCUT2D eigenvalue weighted by Crippen LogP contribution is 2.24. The molecule has 0 aliphatic carbocycles. The molecule has 7 nitrogen and oxygen atoms in total. The summed E-state index contributed by atoms with van der Waals surface area (Å²) in [5.74, 6) is -2.92. The van der Waals surface area contributed by atoms with Gasteiger partial charge in [0.1, 0.15) is 17.7 Å². The average molecular weight is 418 g/mol. The van der Waals surface area contributed by atoms with Gasteiger partial charge >= 0.3 is 6.03 Å². The number of hydrazone groups is 1. The number of hydrogen-bond donors (Lipinski definition) is 1. The van der Waals surface area contributed by atoms with Crippen molar-refractivity contribution < 1.29 is 27.5 Å². The van der Waals surface area contributed by atoms with Crippen molar-refractivity contribution in [3.63, 3.8) is 0 Å². The number of amides is 3. The summed E-state index contributed by atoms with van der Waals surface area (Å²) in [6, 6.07) is 6.41. The minimum atomic E-state index is -0.743. The van der Waals surface area contributed by atoms with E-state index >= 15 is 0 Å². The highest BCUT2D eigenvalue weighted by atomic mass is 19.1. The van der Waals surface area contributed by atoms with Crippen molar-refractivity contribution in [3.05, 3.63) is 65.0 Å². The van der Waals surface area contributed by atoms with E-state index in [1.807, 2.05) is 0 Å². The summed E-state index contributed by atoms with van der Waals surface area (Å²) >= 11 is 0. The third-order valence-corrected chi connectivity index (χ3v) is 4.85. The van der Waals surface area contributed by atoms with Gasteiger partial charge in [0.15, 0.2) is 11.6 Å². The normalized spacial score (nSPS) is 16.3. The highest BCUT2D eigenvalue weighted by Gasteiger charge is 2.36. The summed E-state index contributed by atoms with van der Waals surface area (Å²) < 4.78 is 46.3. The van der Waals surface area contributed by atoms with Gasteiger partial charge in [-0.1, -0.05) is 0 Å². The second kappa shape index (κ2) is 7.69. The van der Waals surface area contributed by atoms with Gasteiger partial charge in [-0.15, -0.1) is 0 Å². The maximum absolute atomic E-state index is 14.0. The Hall–Kier alpha value is -3.56. The fourth-order valence-corrected chi connectivity index (χ4v) is 3.28. The molecule has 2 heterocycles. The molecule has 0 unspecified atom stereocenters. The van der Waals surface area contributed by atoms with Gasteiger partial charge in [0.05, 0.1) is 25.3 Å². The van der Waals surface area contributed by atoms with Crippen LogP contribution < -0.4 is 10.5 Å². The van der Waals surface area contributed by atoms with E-state index in [2.05, 4.69) is 5.10 Å². The molecular weight excluding hydrogens is 401 g/mol. The van der Waals surface area contributed by atoms with Crippen LogP contribution in [-0.4, -0.2) is 53.3 Å². The first-order valence-corrected chi connectivity index (χ1v) is 9.16. The SMILES string of the molecule is NC(=O)c1ccc(OC2CN(C(=O)N3CCC(c4cc(F)cc(F)c4)=N3)C2)c(F)c1. The Kier molecular flexibility index (Phi) is 5.06. The zero-order chi connectivity index (χ0) is 21.4. The van der Waals surface area contributed by atoms with Gasteiger partial charge in [-0.05, 0) is 30.3 Å². The molecule has 30 heavy (non-hydrogen) atoms. The lowest BCUT2D eigenvalue weighted by molar-refractivity contribution is 0.0300. The van der Waals surface area contributed by atoms with Crippen LogP contribution in [0.15, 0.2) is 41.5 Å². The second-order valence-corrected chi connectivity index (χ2v) is 7.01. The van der Waals surface area contributed by atoms with Crippen LogP contribution >= 0.6 is 0 Å². The van der Waals surface area contributed by atoms with Crippen molar-refractivity contribution in [2.75, 3.05) is 19.6 Å². The van der Waals surface area contributed by atoms with E-state index in [-0.39, 0.29) is 37.0 Å². The molecule has 2 aromatic carbocycles. The fourth-order valence-electron chi connectivity index (χ4n) is 3.28. The fraction of sp³-hybridized carbons (Fsp3) is 0.250. The van der Waals surface area contributed by atoms with Gasteiger partial charge in [0.2, 0.25) is 5.91 Å². The van der Waals surface area contributed by atoms with E-state index in [1.165, 1.54) is 34.2 Å². The molecule has 0 saturated carbocycles. The lowest BCUT2D eigenvalue weighted by Crippen LogP contribution is -2.58. The highest BCUT2D eigenvalue weighted by molar-refractivity contribution is 6.02. The molecule has 2 aliphatic heterocycles. The summed E-state index contributed by atoms with van der Waals surface area (Å²) in [6.07, 6.45) is -0.0361. The maximum Gasteiger partial charge on any atom is 0.340 e. The van der Waals surface area contributed by atoms with E-state index in [9.17, 15) is 22.8 Å². The third kappa shape index (κ3) is 3.93. The van der Waals surface area contributed by atoms with Crippen LogP contribution in [0.1, 0.15) is 22.3 Å². The summed E-state index contributed by atoms with van der Waals surface area (Å²) in [5, 5.41) is 5.41.